The zero-order chi connectivity index (χ0) is 15.4. The van der Waals surface area contributed by atoms with Gasteiger partial charge in [0.2, 0.25) is 0 Å². The topological polar surface area (TPSA) is 78.9 Å². The van der Waals surface area contributed by atoms with Crippen LogP contribution in [-0.4, -0.2) is 42.1 Å². The molecular formula is C15H31N3O2. The lowest BCUT2D eigenvalue weighted by Crippen LogP contribution is -2.33. The van der Waals surface area contributed by atoms with E-state index in [0.717, 1.165) is 12.8 Å². The molecule has 118 valence electrons. The average molecular weight is 285 g/mol. The normalized spacial score (nSPS) is 13.2. The van der Waals surface area contributed by atoms with Crippen molar-refractivity contribution in [2.45, 2.75) is 70.8 Å². The van der Waals surface area contributed by atoms with Crippen LogP contribution in [0.3, 0.4) is 0 Å². The van der Waals surface area contributed by atoms with Gasteiger partial charge in [-0.15, -0.1) is 0 Å². The van der Waals surface area contributed by atoms with E-state index in [1.165, 1.54) is 38.5 Å². The quantitative estimate of drug-likeness (QED) is 0.347. The van der Waals surface area contributed by atoms with Gasteiger partial charge in [0.25, 0.3) is 0 Å². The molecular weight excluding hydrogens is 254 g/mol. The number of rotatable bonds is 11. The van der Waals surface area contributed by atoms with Gasteiger partial charge in [-0.3, -0.25) is 0 Å². The van der Waals surface area contributed by atoms with Crippen LogP contribution in [0.1, 0.15) is 64.7 Å². The fraction of sp³-hybridized carbons (Fsp3) is 0.867. The number of nitrogens with zero attached hydrogens (tertiary/aromatic N) is 2. The molecule has 5 heteroatoms. The molecule has 5 nitrogen and oxygen atoms in total. The summed E-state index contributed by atoms with van der Waals surface area (Å²) in [5, 5.41) is 9.12. The maximum Gasteiger partial charge on any atom is 0.328 e. The van der Waals surface area contributed by atoms with Gasteiger partial charge in [0.1, 0.15) is 0 Å². The Morgan fingerprint density at radius 2 is 1.60 bits per heavy atom. The highest BCUT2D eigenvalue weighted by molar-refractivity contribution is 5.82. The van der Waals surface area contributed by atoms with Gasteiger partial charge in [-0.1, -0.05) is 58.3 Å². The summed E-state index contributed by atoms with van der Waals surface area (Å²) in [6.45, 7) is 2.21. The summed E-state index contributed by atoms with van der Waals surface area (Å²) in [6.07, 6.45) is 10.2. The highest BCUT2D eigenvalue weighted by Crippen LogP contribution is 2.12. The van der Waals surface area contributed by atoms with Crippen LogP contribution >= 0.6 is 0 Å². The fourth-order valence-corrected chi connectivity index (χ4v) is 1.99. The molecule has 1 unspecified atom stereocenters. The lowest BCUT2D eigenvalue weighted by Gasteiger charge is -2.14. The Hall–Kier alpha value is -1.26. The second-order valence-corrected chi connectivity index (χ2v) is 5.50. The summed E-state index contributed by atoms with van der Waals surface area (Å²) in [5.41, 5.74) is 5.67. The number of hydrogen-bond donors (Lipinski definition) is 2. The second-order valence-electron chi connectivity index (χ2n) is 5.50. The molecule has 0 heterocycles. The molecule has 0 aliphatic heterocycles. The summed E-state index contributed by atoms with van der Waals surface area (Å²) >= 11 is 0. The van der Waals surface area contributed by atoms with Crippen molar-refractivity contribution in [3.63, 3.8) is 0 Å². The Balaban J connectivity index is 3.83. The lowest BCUT2D eigenvalue weighted by molar-refractivity contribution is -0.138. The molecule has 0 bridgehead atoms. The zero-order valence-corrected chi connectivity index (χ0v) is 13.3. The number of aliphatic carboxylic acids is 1. The summed E-state index contributed by atoms with van der Waals surface area (Å²) < 4.78 is 0. The molecule has 0 spiro atoms. The summed E-state index contributed by atoms with van der Waals surface area (Å²) in [6, 6.07) is -0.711. The molecule has 0 saturated heterocycles. The van der Waals surface area contributed by atoms with Crippen molar-refractivity contribution < 1.29 is 9.90 Å². The Morgan fingerprint density at radius 3 is 2.05 bits per heavy atom. The van der Waals surface area contributed by atoms with Gasteiger partial charge in [-0.2, -0.15) is 0 Å². The first kappa shape index (κ1) is 18.7. The van der Waals surface area contributed by atoms with Crippen LogP contribution in [-0.2, 0) is 4.79 Å². The lowest BCUT2D eigenvalue weighted by atomic mass is 10.0. The van der Waals surface area contributed by atoms with Gasteiger partial charge >= 0.3 is 5.97 Å². The summed E-state index contributed by atoms with van der Waals surface area (Å²) in [4.78, 5) is 16.8. The van der Waals surface area contributed by atoms with Crippen LogP contribution in [0.5, 0.6) is 0 Å². The number of guanidine groups is 1. The number of aliphatic imine (C=N–C) groups is 1. The first-order chi connectivity index (χ1) is 9.49. The zero-order valence-electron chi connectivity index (χ0n) is 13.3. The molecule has 0 aromatic rings. The standard InChI is InChI=1S/C15H31N3O2/c1-4-5-6-7-8-9-10-11-12-13(14(19)20)17-15(16)18(2)3/h13H,4-12H2,1-3H3,(H2,16,17)(H,19,20). The van der Waals surface area contributed by atoms with Crippen LogP contribution in [0.4, 0.5) is 0 Å². The van der Waals surface area contributed by atoms with Crippen molar-refractivity contribution in [1.29, 1.82) is 0 Å². The van der Waals surface area contributed by atoms with Crippen LogP contribution in [0.2, 0.25) is 0 Å². The van der Waals surface area contributed by atoms with Crippen molar-refractivity contribution in [3.8, 4) is 0 Å². The molecule has 0 aliphatic rings. The predicted octanol–water partition coefficient (Wildman–Crippen LogP) is 2.85. The van der Waals surface area contributed by atoms with Gasteiger partial charge in [-0.05, 0) is 6.42 Å². The van der Waals surface area contributed by atoms with E-state index < -0.39 is 12.0 Å². The molecule has 0 radical (unpaired) electrons. The molecule has 1 atom stereocenters. The number of hydrogen-bond acceptors (Lipinski definition) is 2. The number of carbonyl (C=O) groups is 1. The third-order valence-electron chi connectivity index (χ3n) is 3.36. The largest absolute Gasteiger partial charge is 0.480 e. The minimum atomic E-state index is -0.891. The number of nitrogens with two attached hydrogens (primary N) is 1. The van der Waals surface area contributed by atoms with E-state index in [9.17, 15) is 4.79 Å². The highest BCUT2D eigenvalue weighted by atomic mass is 16.4. The van der Waals surface area contributed by atoms with E-state index in [4.69, 9.17) is 10.8 Å². The molecule has 0 rings (SSSR count). The predicted molar refractivity (Wildman–Crippen MR) is 84.0 cm³/mol. The molecule has 3 N–H and O–H groups in total. The molecule has 0 aliphatic carbocycles. The smallest absolute Gasteiger partial charge is 0.328 e. The number of unbranched alkanes of at least 4 members (excludes halogenated alkanes) is 7. The van der Waals surface area contributed by atoms with Gasteiger partial charge in [-0.25, -0.2) is 9.79 Å². The Morgan fingerprint density at radius 1 is 1.10 bits per heavy atom. The van der Waals surface area contributed by atoms with E-state index in [1.54, 1.807) is 19.0 Å². The molecule has 0 aromatic heterocycles. The van der Waals surface area contributed by atoms with Crippen molar-refractivity contribution in [2.75, 3.05) is 14.1 Å². The average Bonchev–Trinajstić information content (AvgIpc) is 2.39. The van der Waals surface area contributed by atoms with Gasteiger partial charge in [0.05, 0.1) is 0 Å². The first-order valence-electron chi connectivity index (χ1n) is 7.72. The van der Waals surface area contributed by atoms with E-state index in [-0.39, 0.29) is 5.96 Å². The minimum absolute atomic E-state index is 0.275. The highest BCUT2D eigenvalue weighted by Gasteiger charge is 2.16. The Labute approximate surface area is 123 Å². The summed E-state index contributed by atoms with van der Waals surface area (Å²) in [7, 11) is 3.52. The Bertz CT molecular complexity index is 291. The van der Waals surface area contributed by atoms with E-state index in [0.29, 0.717) is 6.42 Å². The van der Waals surface area contributed by atoms with E-state index in [1.807, 2.05) is 0 Å². The van der Waals surface area contributed by atoms with Crippen LogP contribution in [0.25, 0.3) is 0 Å². The van der Waals surface area contributed by atoms with Gasteiger partial charge in [0.15, 0.2) is 12.0 Å². The van der Waals surface area contributed by atoms with Crippen molar-refractivity contribution in [2.24, 2.45) is 10.7 Å². The van der Waals surface area contributed by atoms with Crippen molar-refractivity contribution in [1.82, 2.24) is 4.90 Å². The maximum absolute atomic E-state index is 11.1. The van der Waals surface area contributed by atoms with Gasteiger partial charge < -0.3 is 15.7 Å². The van der Waals surface area contributed by atoms with Crippen molar-refractivity contribution >= 4 is 11.9 Å². The van der Waals surface area contributed by atoms with Crippen molar-refractivity contribution in [3.05, 3.63) is 0 Å². The molecule has 0 fully saturated rings. The van der Waals surface area contributed by atoms with Crippen LogP contribution in [0, 0.1) is 0 Å². The van der Waals surface area contributed by atoms with Gasteiger partial charge in [0, 0.05) is 14.1 Å². The minimum Gasteiger partial charge on any atom is -0.480 e. The monoisotopic (exact) mass is 285 g/mol. The molecule has 0 aromatic carbocycles. The van der Waals surface area contributed by atoms with Crippen LogP contribution in [0.15, 0.2) is 4.99 Å². The molecule has 0 amide bonds. The van der Waals surface area contributed by atoms with E-state index >= 15 is 0 Å². The van der Waals surface area contributed by atoms with Crippen LogP contribution < -0.4 is 5.73 Å². The van der Waals surface area contributed by atoms with E-state index in [2.05, 4.69) is 11.9 Å². The molecule has 20 heavy (non-hydrogen) atoms. The number of carboxylic acids is 1. The second kappa shape index (κ2) is 11.6. The first-order valence-corrected chi connectivity index (χ1v) is 7.72. The molecule has 0 saturated carbocycles. The summed E-state index contributed by atoms with van der Waals surface area (Å²) in [5.74, 6) is -0.616. The third-order valence-corrected chi connectivity index (χ3v) is 3.36. The fourth-order valence-electron chi connectivity index (χ4n) is 1.99. The maximum atomic E-state index is 11.1. The SMILES string of the molecule is CCCCCCCCCCC(N=C(N)N(C)C)C(=O)O. The Kier molecular flexibility index (Phi) is 10.8. The number of carboxylic acid groups (broad SMARTS) is 1. The third kappa shape index (κ3) is 9.64.